The van der Waals surface area contributed by atoms with Crippen LogP contribution in [0.4, 0.5) is 11.4 Å². The van der Waals surface area contributed by atoms with E-state index >= 15 is 0 Å². The molecule has 0 radical (unpaired) electrons. The average Bonchev–Trinajstić information content (AvgIpc) is 2.56. The van der Waals surface area contributed by atoms with Crippen molar-refractivity contribution >= 4 is 11.4 Å². The highest BCUT2D eigenvalue weighted by Gasteiger charge is 2.02. The van der Waals surface area contributed by atoms with Crippen LogP contribution in [0.25, 0.3) is 5.69 Å². The maximum absolute atomic E-state index is 5.73. The van der Waals surface area contributed by atoms with Gasteiger partial charge in [0.1, 0.15) is 5.69 Å². The summed E-state index contributed by atoms with van der Waals surface area (Å²) in [6, 6.07) is 5.22. The van der Waals surface area contributed by atoms with Crippen molar-refractivity contribution in [2.45, 2.75) is 0 Å². The van der Waals surface area contributed by atoms with Crippen LogP contribution in [0.1, 0.15) is 0 Å². The minimum atomic E-state index is 0.566. The molecule has 2 rings (SSSR count). The molecule has 0 aliphatic carbocycles. The Bertz CT molecular complexity index is 406. The molecule has 0 saturated carbocycles. The van der Waals surface area contributed by atoms with Crippen molar-refractivity contribution in [3.63, 3.8) is 0 Å². The van der Waals surface area contributed by atoms with E-state index in [-0.39, 0.29) is 0 Å². The maximum Gasteiger partial charge on any atom is 0.109 e. The van der Waals surface area contributed by atoms with Crippen LogP contribution in [0.5, 0.6) is 0 Å². The van der Waals surface area contributed by atoms with Crippen LogP contribution < -0.4 is 11.5 Å². The van der Waals surface area contributed by atoms with Gasteiger partial charge >= 0.3 is 0 Å². The van der Waals surface area contributed by atoms with Gasteiger partial charge in [-0.25, -0.2) is 0 Å². The van der Waals surface area contributed by atoms with Gasteiger partial charge in [0, 0.05) is 5.69 Å². The standard InChI is InChI=1S/C8H9N5/c9-6-1-2-8(7(10)5-6)13-11-3-4-12-13/h1-5H,9-10H2. The molecule has 0 saturated heterocycles. The molecule has 1 aromatic carbocycles. The summed E-state index contributed by atoms with van der Waals surface area (Å²) >= 11 is 0. The van der Waals surface area contributed by atoms with Crippen LogP contribution in [-0.4, -0.2) is 15.0 Å². The summed E-state index contributed by atoms with van der Waals surface area (Å²) in [6.07, 6.45) is 3.19. The maximum atomic E-state index is 5.73. The zero-order valence-electron chi connectivity index (χ0n) is 6.88. The van der Waals surface area contributed by atoms with E-state index in [9.17, 15) is 0 Å². The molecular formula is C8H9N5. The summed E-state index contributed by atoms with van der Waals surface area (Å²) in [5, 5.41) is 7.92. The number of nitrogens with zero attached hydrogens (tertiary/aromatic N) is 3. The van der Waals surface area contributed by atoms with Gasteiger partial charge in [-0.15, -0.1) is 4.80 Å². The van der Waals surface area contributed by atoms with Crippen LogP contribution in [0, 0.1) is 0 Å². The second-order valence-corrected chi connectivity index (χ2v) is 2.64. The average molecular weight is 175 g/mol. The Morgan fingerprint density at radius 2 is 1.77 bits per heavy atom. The molecule has 66 valence electrons. The van der Waals surface area contributed by atoms with E-state index in [1.165, 1.54) is 4.80 Å². The predicted octanol–water partition coefficient (Wildman–Crippen LogP) is 0.432. The summed E-state index contributed by atoms with van der Waals surface area (Å²) < 4.78 is 0. The zero-order valence-corrected chi connectivity index (χ0v) is 6.88. The number of rotatable bonds is 1. The van der Waals surface area contributed by atoms with E-state index in [1.807, 2.05) is 0 Å². The van der Waals surface area contributed by atoms with Crippen molar-refractivity contribution in [2.24, 2.45) is 0 Å². The quantitative estimate of drug-likeness (QED) is 0.616. The van der Waals surface area contributed by atoms with Crippen molar-refractivity contribution in [1.82, 2.24) is 15.0 Å². The molecule has 0 amide bonds. The number of aromatic nitrogens is 3. The largest absolute Gasteiger partial charge is 0.399 e. The number of hydrogen-bond acceptors (Lipinski definition) is 4. The third kappa shape index (κ3) is 1.31. The van der Waals surface area contributed by atoms with Crippen molar-refractivity contribution in [1.29, 1.82) is 0 Å². The molecule has 2 aromatic rings. The van der Waals surface area contributed by atoms with Crippen molar-refractivity contribution in [3.8, 4) is 5.69 Å². The molecule has 1 heterocycles. The van der Waals surface area contributed by atoms with Crippen LogP contribution in [0.2, 0.25) is 0 Å². The molecule has 0 spiro atoms. The molecule has 0 fully saturated rings. The van der Waals surface area contributed by atoms with Gasteiger partial charge in [-0.05, 0) is 18.2 Å². The minimum Gasteiger partial charge on any atom is -0.399 e. The minimum absolute atomic E-state index is 0.566. The third-order valence-electron chi connectivity index (χ3n) is 1.69. The lowest BCUT2D eigenvalue weighted by atomic mass is 10.2. The molecule has 0 atom stereocenters. The number of nitrogen functional groups attached to an aromatic ring is 2. The first kappa shape index (κ1) is 7.60. The SMILES string of the molecule is Nc1ccc(-n2nccn2)c(N)c1. The van der Waals surface area contributed by atoms with E-state index < -0.39 is 0 Å². The number of anilines is 2. The van der Waals surface area contributed by atoms with E-state index in [1.54, 1.807) is 30.6 Å². The van der Waals surface area contributed by atoms with Gasteiger partial charge in [0.05, 0.1) is 18.1 Å². The molecule has 0 aliphatic rings. The normalized spacial score (nSPS) is 10.2. The monoisotopic (exact) mass is 175 g/mol. The van der Waals surface area contributed by atoms with Gasteiger partial charge < -0.3 is 11.5 Å². The molecule has 13 heavy (non-hydrogen) atoms. The van der Waals surface area contributed by atoms with E-state index in [2.05, 4.69) is 10.2 Å². The Balaban J connectivity index is 2.53. The van der Waals surface area contributed by atoms with Gasteiger partial charge in [-0.1, -0.05) is 0 Å². The molecule has 5 nitrogen and oxygen atoms in total. The number of nitrogens with two attached hydrogens (primary N) is 2. The Hall–Kier alpha value is -2.04. The molecule has 1 aromatic heterocycles. The first-order valence-electron chi connectivity index (χ1n) is 3.79. The zero-order chi connectivity index (χ0) is 9.26. The fourth-order valence-corrected chi connectivity index (χ4v) is 1.10. The summed E-state index contributed by atoms with van der Waals surface area (Å²) in [4.78, 5) is 1.45. The lowest BCUT2D eigenvalue weighted by Crippen LogP contribution is -2.03. The van der Waals surface area contributed by atoms with Crippen molar-refractivity contribution < 1.29 is 0 Å². The smallest absolute Gasteiger partial charge is 0.109 e. The van der Waals surface area contributed by atoms with E-state index in [0.29, 0.717) is 11.4 Å². The molecular weight excluding hydrogens is 166 g/mol. The molecule has 4 N–H and O–H groups in total. The fraction of sp³-hybridized carbons (Fsp3) is 0. The molecule has 5 heteroatoms. The number of hydrogen-bond donors (Lipinski definition) is 2. The third-order valence-corrected chi connectivity index (χ3v) is 1.69. The Morgan fingerprint density at radius 3 is 2.38 bits per heavy atom. The topological polar surface area (TPSA) is 82.8 Å². The van der Waals surface area contributed by atoms with Crippen molar-refractivity contribution in [3.05, 3.63) is 30.6 Å². The Labute approximate surface area is 75.0 Å². The highest BCUT2D eigenvalue weighted by Crippen LogP contribution is 2.17. The summed E-state index contributed by atoms with van der Waals surface area (Å²) in [5.41, 5.74) is 13.2. The van der Waals surface area contributed by atoms with Gasteiger partial charge in [-0.3, -0.25) is 0 Å². The van der Waals surface area contributed by atoms with Crippen molar-refractivity contribution in [2.75, 3.05) is 11.5 Å². The molecule has 0 bridgehead atoms. The fourth-order valence-electron chi connectivity index (χ4n) is 1.10. The van der Waals surface area contributed by atoms with Crippen LogP contribution in [0.15, 0.2) is 30.6 Å². The van der Waals surface area contributed by atoms with Gasteiger partial charge in [0.25, 0.3) is 0 Å². The van der Waals surface area contributed by atoms with Crippen LogP contribution in [-0.2, 0) is 0 Å². The highest BCUT2D eigenvalue weighted by molar-refractivity contribution is 5.63. The lowest BCUT2D eigenvalue weighted by Gasteiger charge is -2.04. The Kier molecular flexibility index (Phi) is 1.63. The van der Waals surface area contributed by atoms with Crippen LogP contribution in [0.3, 0.4) is 0 Å². The van der Waals surface area contributed by atoms with Gasteiger partial charge in [-0.2, -0.15) is 10.2 Å². The Morgan fingerprint density at radius 1 is 1.08 bits per heavy atom. The molecule has 0 unspecified atom stereocenters. The van der Waals surface area contributed by atoms with Gasteiger partial charge in [0.2, 0.25) is 0 Å². The predicted molar refractivity (Wildman–Crippen MR) is 50.2 cm³/mol. The van der Waals surface area contributed by atoms with E-state index in [4.69, 9.17) is 11.5 Å². The number of benzene rings is 1. The second-order valence-electron chi connectivity index (χ2n) is 2.64. The summed E-state index contributed by atoms with van der Waals surface area (Å²) in [5.74, 6) is 0. The summed E-state index contributed by atoms with van der Waals surface area (Å²) in [6.45, 7) is 0. The molecule has 0 aliphatic heterocycles. The lowest BCUT2D eigenvalue weighted by molar-refractivity contribution is 0.754. The second kappa shape index (κ2) is 2.78. The first-order chi connectivity index (χ1) is 6.27. The summed E-state index contributed by atoms with van der Waals surface area (Å²) in [7, 11) is 0. The van der Waals surface area contributed by atoms with Crippen LogP contribution >= 0.6 is 0 Å². The highest BCUT2D eigenvalue weighted by atomic mass is 15.5. The first-order valence-corrected chi connectivity index (χ1v) is 3.79. The van der Waals surface area contributed by atoms with Gasteiger partial charge in [0.15, 0.2) is 0 Å². The van der Waals surface area contributed by atoms with E-state index in [0.717, 1.165) is 5.69 Å².